The number of hydrogen-bond acceptors (Lipinski definition) is 1. The first kappa shape index (κ1) is 9.99. The van der Waals surface area contributed by atoms with Crippen molar-refractivity contribution in [3.05, 3.63) is 53.3 Å². The van der Waals surface area contributed by atoms with Gasteiger partial charge in [0.15, 0.2) is 0 Å². The van der Waals surface area contributed by atoms with Crippen LogP contribution in [0, 0.1) is 13.8 Å². The van der Waals surface area contributed by atoms with Crippen molar-refractivity contribution in [2.24, 2.45) is 5.73 Å². The highest BCUT2D eigenvalue weighted by atomic mass is 15.0. The monoisotopic (exact) mass is 200 g/mol. The first-order valence-corrected chi connectivity index (χ1v) is 5.15. The third kappa shape index (κ3) is 1.95. The van der Waals surface area contributed by atoms with E-state index >= 15 is 0 Å². The molecule has 0 aliphatic carbocycles. The smallest absolute Gasteiger partial charge is 0.0458 e. The van der Waals surface area contributed by atoms with Crippen LogP contribution < -0.4 is 5.73 Å². The van der Waals surface area contributed by atoms with Crippen LogP contribution in [0.1, 0.15) is 16.8 Å². The van der Waals surface area contributed by atoms with E-state index in [1.54, 1.807) is 0 Å². The van der Waals surface area contributed by atoms with E-state index in [4.69, 9.17) is 5.73 Å². The molecule has 2 heteroatoms. The second-order valence-corrected chi connectivity index (χ2v) is 3.92. The maximum Gasteiger partial charge on any atom is 0.0458 e. The number of aromatic nitrogens is 1. The van der Waals surface area contributed by atoms with Gasteiger partial charge in [0.1, 0.15) is 0 Å². The Balaban J connectivity index is 2.53. The Bertz CT molecular complexity index is 449. The van der Waals surface area contributed by atoms with Crippen LogP contribution in [0.4, 0.5) is 0 Å². The maximum absolute atomic E-state index is 5.69. The fraction of sp³-hybridized carbons (Fsp3) is 0.231. The van der Waals surface area contributed by atoms with Crippen LogP contribution in [0.5, 0.6) is 0 Å². The van der Waals surface area contributed by atoms with Gasteiger partial charge in [-0.05, 0) is 49.2 Å². The van der Waals surface area contributed by atoms with E-state index in [1.807, 2.05) is 6.07 Å². The Morgan fingerprint density at radius 1 is 1.13 bits per heavy atom. The molecule has 2 rings (SSSR count). The second-order valence-electron chi connectivity index (χ2n) is 3.92. The van der Waals surface area contributed by atoms with Gasteiger partial charge < -0.3 is 10.3 Å². The molecule has 0 amide bonds. The number of aryl methyl sites for hydroxylation is 2. The van der Waals surface area contributed by atoms with Crippen LogP contribution in [0.2, 0.25) is 0 Å². The molecule has 0 aliphatic heterocycles. The lowest BCUT2D eigenvalue weighted by atomic mass is 10.1. The minimum Gasteiger partial charge on any atom is -0.325 e. The normalized spacial score (nSPS) is 10.6. The van der Waals surface area contributed by atoms with Gasteiger partial charge in [-0.25, -0.2) is 0 Å². The highest BCUT2D eigenvalue weighted by Crippen LogP contribution is 2.16. The molecule has 2 nitrogen and oxygen atoms in total. The summed E-state index contributed by atoms with van der Waals surface area (Å²) in [5.41, 5.74) is 10.6. The predicted molar refractivity (Wildman–Crippen MR) is 63.1 cm³/mol. The van der Waals surface area contributed by atoms with Gasteiger partial charge >= 0.3 is 0 Å². The van der Waals surface area contributed by atoms with E-state index in [9.17, 15) is 0 Å². The van der Waals surface area contributed by atoms with Crippen molar-refractivity contribution >= 4 is 0 Å². The lowest BCUT2D eigenvalue weighted by Gasteiger charge is -2.09. The molecule has 1 aromatic carbocycles. The van der Waals surface area contributed by atoms with Crippen LogP contribution in [0.25, 0.3) is 5.69 Å². The zero-order chi connectivity index (χ0) is 10.8. The molecule has 0 radical (unpaired) electrons. The minimum atomic E-state index is 0.569. The quantitative estimate of drug-likeness (QED) is 0.793. The summed E-state index contributed by atoms with van der Waals surface area (Å²) in [7, 11) is 0. The molecule has 0 spiro atoms. The van der Waals surface area contributed by atoms with E-state index in [-0.39, 0.29) is 0 Å². The first-order valence-electron chi connectivity index (χ1n) is 5.15. The zero-order valence-corrected chi connectivity index (χ0v) is 9.20. The van der Waals surface area contributed by atoms with Gasteiger partial charge in [-0.1, -0.05) is 6.07 Å². The van der Waals surface area contributed by atoms with Crippen molar-refractivity contribution in [1.82, 2.24) is 4.57 Å². The molecule has 0 unspecified atom stereocenters. The highest BCUT2D eigenvalue weighted by molar-refractivity contribution is 5.41. The Morgan fingerprint density at radius 2 is 1.80 bits per heavy atom. The maximum atomic E-state index is 5.69. The minimum absolute atomic E-state index is 0.569. The molecule has 0 atom stereocenters. The highest BCUT2D eigenvalue weighted by Gasteiger charge is 2.02. The van der Waals surface area contributed by atoms with Gasteiger partial charge in [-0.3, -0.25) is 0 Å². The molecule has 0 fully saturated rings. The van der Waals surface area contributed by atoms with Crippen molar-refractivity contribution in [1.29, 1.82) is 0 Å². The summed E-state index contributed by atoms with van der Waals surface area (Å²) in [6.45, 7) is 4.80. The summed E-state index contributed by atoms with van der Waals surface area (Å²) in [4.78, 5) is 0. The Kier molecular flexibility index (Phi) is 2.60. The first-order chi connectivity index (χ1) is 7.20. The van der Waals surface area contributed by atoms with Crippen LogP contribution in [0.15, 0.2) is 36.5 Å². The molecule has 15 heavy (non-hydrogen) atoms. The lowest BCUT2D eigenvalue weighted by Crippen LogP contribution is -2.04. The average molecular weight is 200 g/mol. The summed E-state index contributed by atoms with van der Waals surface area (Å²) >= 11 is 0. The van der Waals surface area contributed by atoms with E-state index in [1.165, 1.54) is 16.8 Å². The van der Waals surface area contributed by atoms with Gasteiger partial charge in [-0.2, -0.15) is 0 Å². The predicted octanol–water partition coefficient (Wildman–Crippen LogP) is 2.55. The van der Waals surface area contributed by atoms with Crippen molar-refractivity contribution in [3.8, 4) is 5.69 Å². The summed E-state index contributed by atoms with van der Waals surface area (Å²) in [5, 5.41) is 0. The molecule has 0 aliphatic rings. The standard InChI is InChI=1S/C13H16N2/c1-10-6-11(2)8-13(7-10)15-5-3-4-12(15)9-14/h3-8H,9,14H2,1-2H3. The van der Waals surface area contributed by atoms with Gasteiger partial charge in [-0.15, -0.1) is 0 Å². The molecule has 0 saturated carbocycles. The molecule has 1 aromatic heterocycles. The molecule has 0 bridgehead atoms. The molecule has 2 N–H and O–H groups in total. The van der Waals surface area contributed by atoms with E-state index in [0.29, 0.717) is 6.54 Å². The number of benzene rings is 1. The van der Waals surface area contributed by atoms with Crippen LogP contribution in [-0.2, 0) is 6.54 Å². The Hall–Kier alpha value is -1.54. The van der Waals surface area contributed by atoms with Crippen molar-refractivity contribution in [2.75, 3.05) is 0 Å². The lowest BCUT2D eigenvalue weighted by molar-refractivity contribution is 0.909. The fourth-order valence-electron chi connectivity index (χ4n) is 1.92. The SMILES string of the molecule is Cc1cc(C)cc(-n2cccc2CN)c1. The number of rotatable bonds is 2. The van der Waals surface area contributed by atoms with Gasteiger partial charge in [0, 0.05) is 24.1 Å². The summed E-state index contributed by atoms with van der Waals surface area (Å²) in [5.74, 6) is 0. The third-order valence-electron chi connectivity index (χ3n) is 2.53. The topological polar surface area (TPSA) is 30.9 Å². The molecule has 1 heterocycles. The van der Waals surface area contributed by atoms with Gasteiger partial charge in [0.25, 0.3) is 0 Å². The molecule has 2 aromatic rings. The molecule has 78 valence electrons. The van der Waals surface area contributed by atoms with E-state index < -0.39 is 0 Å². The molecule has 0 saturated heterocycles. The second kappa shape index (κ2) is 3.91. The molecular weight excluding hydrogens is 184 g/mol. The Morgan fingerprint density at radius 3 is 2.40 bits per heavy atom. The third-order valence-corrected chi connectivity index (χ3v) is 2.53. The van der Waals surface area contributed by atoms with Crippen LogP contribution in [-0.4, -0.2) is 4.57 Å². The zero-order valence-electron chi connectivity index (χ0n) is 9.20. The van der Waals surface area contributed by atoms with Crippen molar-refractivity contribution in [3.63, 3.8) is 0 Å². The number of hydrogen-bond donors (Lipinski definition) is 1. The summed E-state index contributed by atoms with van der Waals surface area (Å²) in [6, 6.07) is 10.6. The van der Waals surface area contributed by atoms with E-state index in [0.717, 1.165) is 5.69 Å². The fourth-order valence-corrected chi connectivity index (χ4v) is 1.92. The van der Waals surface area contributed by atoms with Gasteiger partial charge in [0.2, 0.25) is 0 Å². The van der Waals surface area contributed by atoms with Gasteiger partial charge in [0.05, 0.1) is 0 Å². The van der Waals surface area contributed by atoms with Crippen LogP contribution >= 0.6 is 0 Å². The summed E-state index contributed by atoms with van der Waals surface area (Å²) < 4.78 is 2.14. The van der Waals surface area contributed by atoms with Crippen molar-refractivity contribution in [2.45, 2.75) is 20.4 Å². The van der Waals surface area contributed by atoms with Crippen LogP contribution in [0.3, 0.4) is 0 Å². The average Bonchev–Trinajstić information content (AvgIpc) is 2.63. The number of nitrogens with two attached hydrogens (primary N) is 1. The largest absolute Gasteiger partial charge is 0.325 e. The van der Waals surface area contributed by atoms with Crippen molar-refractivity contribution < 1.29 is 0 Å². The van der Waals surface area contributed by atoms with E-state index in [2.05, 4.69) is 48.9 Å². The summed E-state index contributed by atoms with van der Waals surface area (Å²) in [6.07, 6.45) is 2.05. The number of nitrogens with zero attached hydrogens (tertiary/aromatic N) is 1. The Labute approximate surface area is 90.3 Å². The molecular formula is C13H16N2.